The van der Waals surface area contributed by atoms with E-state index < -0.39 is 0 Å². The van der Waals surface area contributed by atoms with Crippen LogP contribution in [-0.4, -0.2) is 15.9 Å². The fourth-order valence-corrected chi connectivity index (χ4v) is 5.93. The zero-order chi connectivity index (χ0) is 32.4. The monoisotopic (exact) mass is 785 g/mol. The molecule has 45 heavy (non-hydrogen) atoms. The molecule has 1 aliphatic rings. The molecule has 3 aromatic carbocycles. The number of ether oxygens (including phenoxy) is 1. The maximum atomic E-state index is 12.2. The minimum absolute atomic E-state index is 0. The Hall–Kier alpha value is -3.01. The van der Waals surface area contributed by atoms with Gasteiger partial charge in [0, 0.05) is 54.3 Å². The molecule has 243 valence electrons. The number of pyridine rings is 1. The fraction of sp³-hybridized carbons (Fsp3) is 0.450. The molecule has 1 radical (unpaired) electrons. The Kier molecular flexibility index (Phi) is 11.8. The van der Waals surface area contributed by atoms with Gasteiger partial charge in [-0.1, -0.05) is 95.7 Å². The van der Waals surface area contributed by atoms with Crippen LogP contribution in [0.3, 0.4) is 0 Å². The number of hydrogen-bond acceptors (Lipinski definition) is 4. The molecule has 0 amide bonds. The Morgan fingerprint density at radius 1 is 0.956 bits per heavy atom. The summed E-state index contributed by atoms with van der Waals surface area (Å²) in [6.45, 7) is 20.8. The van der Waals surface area contributed by atoms with Gasteiger partial charge in [0.1, 0.15) is 11.5 Å². The number of carbonyl (C=O) groups is 1. The van der Waals surface area contributed by atoms with Crippen molar-refractivity contribution in [2.75, 3.05) is 0 Å². The summed E-state index contributed by atoms with van der Waals surface area (Å²) in [4.78, 5) is 16.9. The van der Waals surface area contributed by atoms with Crippen molar-refractivity contribution in [3.05, 3.63) is 77.2 Å². The van der Waals surface area contributed by atoms with E-state index in [1.54, 1.807) is 0 Å². The van der Waals surface area contributed by atoms with E-state index in [2.05, 4.69) is 70.2 Å². The van der Waals surface area contributed by atoms with Gasteiger partial charge < -0.3 is 9.84 Å². The molecule has 4 nitrogen and oxygen atoms in total. The number of nitrogens with zero attached hydrogens (tertiary/aromatic N) is 1. The first-order valence-electron chi connectivity index (χ1n) is 16.3. The first-order chi connectivity index (χ1) is 20.8. The average Bonchev–Trinajstić information content (AvgIpc) is 2.99. The van der Waals surface area contributed by atoms with E-state index in [0.29, 0.717) is 5.92 Å². The number of aliphatic hydroxyl groups is 1. The van der Waals surface area contributed by atoms with Crippen LogP contribution in [-0.2, 0) is 31.3 Å². The van der Waals surface area contributed by atoms with Gasteiger partial charge in [-0.15, -0.1) is 17.5 Å². The van der Waals surface area contributed by atoms with Gasteiger partial charge in [0.2, 0.25) is 0 Å². The van der Waals surface area contributed by atoms with Crippen LogP contribution in [0.2, 0.25) is 0 Å². The number of hydrogen-bond donors (Lipinski definition) is 1. The van der Waals surface area contributed by atoms with Gasteiger partial charge in [-0.2, -0.15) is 0 Å². The van der Waals surface area contributed by atoms with E-state index in [9.17, 15) is 9.90 Å². The maximum absolute atomic E-state index is 12.2. The zero-order valence-electron chi connectivity index (χ0n) is 28.8. The minimum atomic E-state index is -0.337. The Morgan fingerprint density at radius 3 is 2.20 bits per heavy atom. The molecule has 4 aromatic rings. The molecular weight excluding hydrogens is 735 g/mol. The minimum Gasteiger partial charge on any atom is -0.512 e. The summed E-state index contributed by atoms with van der Waals surface area (Å²) in [5, 5.41) is 14.7. The van der Waals surface area contributed by atoms with Crippen molar-refractivity contribution in [2.45, 2.75) is 101 Å². The number of fused-ring (bicyclic) bond motifs is 3. The largest absolute Gasteiger partial charge is 0.512 e. The quantitative estimate of drug-likeness (QED) is 0.0919. The smallest absolute Gasteiger partial charge is 0.164 e. The number of aryl methyl sites for hydroxylation is 2. The molecule has 1 aromatic heterocycles. The van der Waals surface area contributed by atoms with E-state index in [1.165, 1.54) is 33.5 Å². The van der Waals surface area contributed by atoms with Crippen LogP contribution in [0.25, 0.3) is 32.8 Å². The van der Waals surface area contributed by atoms with Gasteiger partial charge in [-0.05, 0) is 75.0 Å². The van der Waals surface area contributed by atoms with Crippen molar-refractivity contribution in [1.29, 1.82) is 0 Å². The number of allylic oxidation sites excluding steroid dienone is 2. The van der Waals surface area contributed by atoms with E-state index in [0.717, 1.165) is 65.6 Å². The van der Waals surface area contributed by atoms with Crippen molar-refractivity contribution >= 4 is 27.3 Å². The normalized spacial score (nSPS) is 12.7. The SMILES string of the molecule is CCC(C)(CC)C(=O)/C=C(\O)C(C)(CC)CC.Cc1cc(C)c2cc3c([c-]c2c1)-c1nccc2cc(CC(C)C)cc(c12)O3.[Ir]. The van der Waals surface area contributed by atoms with Crippen LogP contribution >= 0.6 is 0 Å². The molecule has 0 bridgehead atoms. The summed E-state index contributed by atoms with van der Waals surface area (Å²) in [7, 11) is 0. The van der Waals surface area contributed by atoms with Gasteiger partial charge >= 0.3 is 0 Å². The molecule has 1 N–H and O–H groups in total. The summed E-state index contributed by atoms with van der Waals surface area (Å²) >= 11 is 0. The Bertz CT molecular complexity index is 1710. The van der Waals surface area contributed by atoms with Gasteiger partial charge in [0.15, 0.2) is 5.78 Å². The molecular formula is C40H50IrNO3-. The molecule has 5 heteroatoms. The Morgan fingerprint density at radius 2 is 1.60 bits per heavy atom. The topological polar surface area (TPSA) is 59.4 Å². The molecule has 0 fully saturated rings. The molecule has 0 aliphatic carbocycles. The van der Waals surface area contributed by atoms with E-state index in [-0.39, 0.29) is 42.5 Å². The summed E-state index contributed by atoms with van der Waals surface area (Å²) in [5.74, 6) is 2.66. The third-order valence-electron chi connectivity index (χ3n) is 9.90. The van der Waals surface area contributed by atoms with Crippen molar-refractivity contribution in [3.8, 4) is 22.8 Å². The van der Waals surface area contributed by atoms with Gasteiger partial charge in [0.25, 0.3) is 0 Å². The third-order valence-corrected chi connectivity index (χ3v) is 9.90. The summed E-state index contributed by atoms with van der Waals surface area (Å²) < 4.78 is 6.39. The second-order valence-electron chi connectivity index (χ2n) is 13.5. The Labute approximate surface area is 284 Å². The van der Waals surface area contributed by atoms with Crippen LogP contribution in [0.4, 0.5) is 0 Å². The van der Waals surface area contributed by atoms with E-state index >= 15 is 0 Å². The molecule has 0 unspecified atom stereocenters. The maximum Gasteiger partial charge on any atom is 0.164 e. The number of ketones is 1. The van der Waals surface area contributed by atoms with Crippen LogP contribution in [0.1, 0.15) is 97.8 Å². The number of benzene rings is 3. The number of rotatable bonds is 9. The fourth-order valence-electron chi connectivity index (χ4n) is 5.93. The molecule has 0 atom stereocenters. The number of carbonyl (C=O) groups excluding carboxylic acids is 1. The molecule has 0 saturated carbocycles. The van der Waals surface area contributed by atoms with Crippen LogP contribution in [0, 0.1) is 36.7 Å². The van der Waals surface area contributed by atoms with Crippen LogP contribution < -0.4 is 4.74 Å². The van der Waals surface area contributed by atoms with E-state index in [4.69, 9.17) is 9.72 Å². The Balaban J connectivity index is 0.000000270. The van der Waals surface area contributed by atoms with Crippen molar-refractivity contribution in [3.63, 3.8) is 0 Å². The van der Waals surface area contributed by atoms with Crippen molar-refractivity contribution in [1.82, 2.24) is 4.98 Å². The second-order valence-corrected chi connectivity index (χ2v) is 13.5. The predicted molar refractivity (Wildman–Crippen MR) is 185 cm³/mol. The van der Waals surface area contributed by atoms with Gasteiger partial charge in [0.05, 0.1) is 5.75 Å². The second kappa shape index (κ2) is 14.6. The van der Waals surface area contributed by atoms with Gasteiger partial charge in [-0.3, -0.25) is 9.78 Å². The summed E-state index contributed by atoms with van der Waals surface area (Å²) in [5.41, 5.74) is 5.14. The molecule has 2 heterocycles. The summed E-state index contributed by atoms with van der Waals surface area (Å²) in [6.07, 6.45) is 7.69. The number of aliphatic hydroxyl groups excluding tert-OH is 1. The molecule has 1 aliphatic heterocycles. The van der Waals surface area contributed by atoms with Crippen molar-refractivity contribution in [2.24, 2.45) is 16.7 Å². The number of aromatic nitrogens is 1. The predicted octanol–water partition coefficient (Wildman–Crippen LogP) is 11.4. The van der Waals surface area contributed by atoms with Crippen LogP contribution in [0.15, 0.2) is 54.4 Å². The molecule has 0 saturated heterocycles. The van der Waals surface area contributed by atoms with Gasteiger partial charge in [-0.25, -0.2) is 0 Å². The van der Waals surface area contributed by atoms with Crippen LogP contribution in [0.5, 0.6) is 11.5 Å². The first-order valence-corrected chi connectivity index (χ1v) is 16.3. The summed E-state index contributed by atoms with van der Waals surface area (Å²) in [6, 6.07) is 16.7. The molecule has 0 spiro atoms. The molecule has 5 rings (SSSR count). The third kappa shape index (κ3) is 7.53. The first kappa shape index (κ1) is 36.5. The standard InChI is InChI=1S/C25H22NO.C15H28O2.Ir/c1-14(2)7-17-10-18-5-6-26-25-21-12-19-9-15(3)8-16(4)20(19)13-22(21)27-23(11-17)24(18)25;1-7-14(5,8-2)12(16)11-13(17)15(6,9-3)10-4;/h5-6,8-11,13-14H,7H2,1-4H3;11,16H,7-10H2,1-6H3;/q-1;;/b;12-11-;. The van der Waals surface area contributed by atoms with E-state index in [1.807, 2.05) is 47.7 Å². The van der Waals surface area contributed by atoms with Crippen molar-refractivity contribution < 1.29 is 34.7 Å². The average molecular weight is 785 g/mol. The zero-order valence-corrected chi connectivity index (χ0v) is 31.2.